The molecule has 0 saturated carbocycles. The zero-order valence-corrected chi connectivity index (χ0v) is 11.4. The van der Waals surface area contributed by atoms with Crippen LogP contribution < -0.4 is 5.32 Å². The summed E-state index contributed by atoms with van der Waals surface area (Å²) < 4.78 is 10.1. The first-order valence-corrected chi connectivity index (χ1v) is 6.17. The first-order chi connectivity index (χ1) is 9.77. The molecule has 0 radical (unpaired) electrons. The van der Waals surface area contributed by atoms with Crippen LogP contribution in [0, 0.1) is 11.8 Å². The molecule has 0 spiro atoms. The third kappa shape index (κ3) is 6.29. The van der Waals surface area contributed by atoms with Crippen LogP contribution in [0.25, 0.3) is 0 Å². The molecule has 6 heteroatoms. The number of carbonyl (C=O) groups is 1. The van der Waals surface area contributed by atoms with Crippen LogP contribution in [0.5, 0.6) is 0 Å². The third-order valence-electron chi connectivity index (χ3n) is 2.28. The Labute approximate surface area is 118 Å². The summed E-state index contributed by atoms with van der Waals surface area (Å²) >= 11 is 0. The minimum absolute atomic E-state index is 0.227. The van der Waals surface area contributed by atoms with Crippen molar-refractivity contribution in [1.82, 2.24) is 10.3 Å². The Bertz CT molecular complexity index is 480. The van der Waals surface area contributed by atoms with Gasteiger partial charge in [0, 0.05) is 31.6 Å². The molecule has 0 aromatic carbocycles. The maximum atomic E-state index is 11.8. The number of carbonyl (C=O) groups excluding carboxylic acids is 1. The lowest BCUT2D eigenvalue weighted by molar-refractivity contribution is 0.0692. The van der Waals surface area contributed by atoms with E-state index in [2.05, 4.69) is 22.1 Å². The Morgan fingerprint density at radius 2 is 2.25 bits per heavy atom. The van der Waals surface area contributed by atoms with Crippen molar-refractivity contribution < 1.29 is 19.4 Å². The predicted molar refractivity (Wildman–Crippen MR) is 73.2 cm³/mol. The second-order valence-corrected chi connectivity index (χ2v) is 3.78. The van der Waals surface area contributed by atoms with E-state index in [1.54, 1.807) is 13.2 Å². The Kier molecular flexibility index (Phi) is 7.99. The van der Waals surface area contributed by atoms with Crippen molar-refractivity contribution in [3.05, 3.63) is 29.6 Å². The van der Waals surface area contributed by atoms with Gasteiger partial charge in [-0.3, -0.25) is 9.78 Å². The smallest absolute Gasteiger partial charge is 0.252 e. The molecule has 1 rings (SSSR count). The number of pyridine rings is 1. The molecule has 1 aromatic heterocycles. The second-order valence-electron chi connectivity index (χ2n) is 3.78. The Morgan fingerprint density at radius 1 is 1.40 bits per heavy atom. The molecule has 0 atom stereocenters. The van der Waals surface area contributed by atoms with E-state index in [4.69, 9.17) is 14.6 Å². The molecule has 0 aliphatic carbocycles. The summed E-state index contributed by atoms with van der Waals surface area (Å²) in [5, 5.41) is 11.3. The second kappa shape index (κ2) is 9.92. The molecule has 0 aliphatic heterocycles. The van der Waals surface area contributed by atoms with E-state index >= 15 is 0 Å². The van der Waals surface area contributed by atoms with E-state index < -0.39 is 0 Å². The standard InChI is InChI=1S/C14H18N2O4/c1-19-7-8-20-6-4-16-14(18)13-9-12(3-2-5-17)10-15-11-13/h9-11,17H,4-8H2,1H3,(H,16,18). The number of aliphatic hydroxyl groups is 1. The first kappa shape index (κ1) is 16.1. The van der Waals surface area contributed by atoms with Gasteiger partial charge in [0.05, 0.1) is 25.4 Å². The van der Waals surface area contributed by atoms with Crippen molar-refractivity contribution in [3.63, 3.8) is 0 Å². The van der Waals surface area contributed by atoms with Gasteiger partial charge in [-0.2, -0.15) is 0 Å². The number of ether oxygens (including phenoxy) is 2. The molecule has 0 bridgehead atoms. The molecule has 6 nitrogen and oxygen atoms in total. The number of aliphatic hydroxyl groups excluding tert-OH is 1. The highest BCUT2D eigenvalue weighted by atomic mass is 16.5. The zero-order chi connectivity index (χ0) is 14.6. The highest BCUT2D eigenvalue weighted by molar-refractivity contribution is 5.94. The lowest BCUT2D eigenvalue weighted by Crippen LogP contribution is -2.27. The van der Waals surface area contributed by atoms with E-state index in [0.29, 0.717) is 37.5 Å². The predicted octanol–water partition coefficient (Wildman–Crippen LogP) is -0.182. The minimum atomic E-state index is -0.236. The molecule has 2 N–H and O–H groups in total. The average molecular weight is 278 g/mol. The molecular weight excluding hydrogens is 260 g/mol. The van der Waals surface area contributed by atoms with E-state index in [1.165, 1.54) is 12.4 Å². The summed E-state index contributed by atoms with van der Waals surface area (Å²) in [5.41, 5.74) is 1.01. The molecule has 0 saturated heterocycles. The summed E-state index contributed by atoms with van der Waals surface area (Å²) in [6.45, 7) is 1.64. The highest BCUT2D eigenvalue weighted by Gasteiger charge is 2.05. The van der Waals surface area contributed by atoms with E-state index in [1.807, 2.05) is 0 Å². The molecule has 1 amide bonds. The number of nitrogens with one attached hydrogen (secondary N) is 1. The number of rotatable bonds is 7. The maximum Gasteiger partial charge on any atom is 0.252 e. The molecule has 20 heavy (non-hydrogen) atoms. The molecule has 1 heterocycles. The number of aromatic nitrogens is 1. The van der Waals surface area contributed by atoms with Crippen molar-refractivity contribution in [2.45, 2.75) is 0 Å². The number of hydrogen-bond acceptors (Lipinski definition) is 5. The highest BCUT2D eigenvalue weighted by Crippen LogP contribution is 2.01. The SMILES string of the molecule is COCCOCCNC(=O)c1cncc(C#CCO)c1. The lowest BCUT2D eigenvalue weighted by atomic mass is 10.2. The Morgan fingerprint density at radius 3 is 3.00 bits per heavy atom. The summed E-state index contributed by atoms with van der Waals surface area (Å²) in [6.07, 6.45) is 3.00. The van der Waals surface area contributed by atoms with Crippen molar-refractivity contribution in [3.8, 4) is 11.8 Å². The van der Waals surface area contributed by atoms with Crippen LogP contribution in [0.2, 0.25) is 0 Å². The first-order valence-electron chi connectivity index (χ1n) is 6.17. The Hall–Kier alpha value is -1.94. The molecule has 1 aromatic rings. The number of hydrogen-bond donors (Lipinski definition) is 2. The minimum Gasteiger partial charge on any atom is -0.384 e. The fourth-order valence-electron chi connectivity index (χ4n) is 1.36. The van der Waals surface area contributed by atoms with Crippen molar-refractivity contribution in [2.24, 2.45) is 0 Å². The fourth-order valence-corrected chi connectivity index (χ4v) is 1.36. The third-order valence-corrected chi connectivity index (χ3v) is 2.28. The quantitative estimate of drug-likeness (QED) is 0.534. The molecule has 0 unspecified atom stereocenters. The van der Waals surface area contributed by atoms with Gasteiger partial charge in [-0.15, -0.1) is 0 Å². The normalized spacial score (nSPS) is 9.70. The molecule has 0 fully saturated rings. The van der Waals surface area contributed by atoms with Gasteiger partial charge in [0.1, 0.15) is 6.61 Å². The van der Waals surface area contributed by atoms with Crippen LogP contribution in [-0.4, -0.2) is 56.1 Å². The van der Waals surface area contributed by atoms with Crippen LogP contribution in [0.1, 0.15) is 15.9 Å². The van der Waals surface area contributed by atoms with Gasteiger partial charge in [0.25, 0.3) is 5.91 Å². The van der Waals surface area contributed by atoms with Gasteiger partial charge in [-0.1, -0.05) is 11.8 Å². The fraction of sp³-hybridized carbons (Fsp3) is 0.429. The van der Waals surface area contributed by atoms with Crippen LogP contribution in [-0.2, 0) is 9.47 Å². The number of methoxy groups -OCH3 is 1. The lowest BCUT2D eigenvalue weighted by Gasteiger charge is -2.06. The largest absolute Gasteiger partial charge is 0.384 e. The topological polar surface area (TPSA) is 80.7 Å². The van der Waals surface area contributed by atoms with Crippen molar-refractivity contribution in [1.29, 1.82) is 0 Å². The van der Waals surface area contributed by atoms with Crippen LogP contribution >= 0.6 is 0 Å². The monoisotopic (exact) mass is 278 g/mol. The van der Waals surface area contributed by atoms with Crippen molar-refractivity contribution in [2.75, 3.05) is 40.1 Å². The summed E-state index contributed by atoms with van der Waals surface area (Å²) in [7, 11) is 1.60. The van der Waals surface area contributed by atoms with Gasteiger partial charge in [0.15, 0.2) is 0 Å². The number of amides is 1. The summed E-state index contributed by atoms with van der Waals surface area (Å²) in [4.78, 5) is 15.8. The Balaban J connectivity index is 2.39. The van der Waals surface area contributed by atoms with Gasteiger partial charge >= 0.3 is 0 Å². The van der Waals surface area contributed by atoms with Crippen LogP contribution in [0.15, 0.2) is 18.5 Å². The molecule has 108 valence electrons. The molecular formula is C14H18N2O4. The average Bonchev–Trinajstić information content (AvgIpc) is 2.48. The summed E-state index contributed by atoms with van der Waals surface area (Å²) in [5.74, 6) is 4.97. The van der Waals surface area contributed by atoms with Gasteiger partial charge in [0.2, 0.25) is 0 Å². The van der Waals surface area contributed by atoms with Crippen LogP contribution in [0.4, 0.5) is 0 Å². The van der Waals surface area contributed by atoms with E-state index in [-0.39, 0.29) is 12.5 Å². The van der Waals surface area contributed by atoms with E-state index in [0.717, 1.165) is 0 Å². The van der Waals surface area contributed by atoms with E-state index in [9.17, 15) is 4.79 Å². The van der Waals surface area contributed by atoms with Gasteiger partial charge in [-0.05, 0) is 6.07 Å². The van der Waals surface area contributed by atoms with Crippen LogP contribution in [0.3, 0.4) is 0 Å². The van der Waals surface area contributed by atoms with Crippen molar-refractivity contribution >= 4 is 5.91 Å². The zero-order valence-electron chi connectivity index (χ0n) is 11.4. The summed E-state index contributed by atoms with van der Waals surface area (Å²) in [6, 6.07) is 1.62. The van der Waals surface area contributed by atoms with Gasteiger partial charge in [-0.25, -0.2) is 0 Å². The van der Waals surface area contributed by atoms with Gasteiger partial charge < -0.3 is 19.9 Å². The number of nitrogens with zero attached hydrogens (tertiary/aromatic N) is 1. The molecule has 0 aliphatic rings. The maximum absolute atomic E-state index is 11.8.